The van der Waals surface area contributed by atoms with Crippen LogP contribution in [0.15, 0.2) is 36.4 Å². The largest absolute Gasteiger partial charge is 0.366 e. The smallest absolute Gasteiger partial charge is 0.248 e. The third kappa shape index (κ3) is 2.44. The highest BCUT2D eigenvalue weighted by molar-refractivity contribution is 6.18. The van der Waals surface area contributed by atoms with Gasteiger partial charge >= 0.3 is 0 Å². The lowest BCUT2D eigenvalue weighted by Gasteiger charge is -2.01. The molecule has 2 nitrogen and oxygen atoms in total. The second-order valence-electron chi connectivity index (χ2n) is 2.76. The van der Waals surface area contributed by atoms with Crippen LogP contribution in [0.1, 0.15) is 18.9 Å². The summed E-state index contributed by atoms with van der Waals surface area (Å²) < 4.78 is 0. The van der Waals surface area contributed by atoms with Gasteiger partial charge in [-0.15, -0.1) is 0 Å². The molecule has 0 heterocycles. The first-order chi connectivity index (χ1) is 6.25. The molecule has 1 aromatic carbocycles. The first-order valence-electron chi connectivity index (χ1n) is 4.31. The third-order valence-electron chi connectivity index (χ3n) is 1.76. The number of amides is 1. The van der Waals surface area contributed by atoms with Gasteiger partial charge in [0.25, 0.3) is 0 Å². The van der Waals surface area contributed by atoms with E-state index in [0.717, 1.165) is 12.0 Å². The van der Waals surface area contributed by atoms with Crippen molar-refractivity contribution in [3.63, 3.8) is 0 Å². The van der Waals surface area contributed by atoms with Crippen molar-refractivity contribution in [1.82, 2.24) is 0 Å². The summed E-state index contributed by atoms with van der Waals surface area (Å²) in [5.74, 6) is -0.368. The molecule has 0 atom stereocenters. The number of carbonyl (C=O) groups excluding carboxylic acids is 1. The van der Waals surface area contributed by atoms with Crippen LogP contribution in [-0.4, -0.2) is 5.91 Å². The van der Waals surface area contributed by atoms with Gasteiger partial charge in [0.2, 0.25) is 5.91 Å². The highest BCUT2D eigenvalue weighted by Crippen LogP contribution is 2.13. The molecule has 0 unspecified atom stereocenters. The van der Waals surface area contributed by atoms with Crippen molar-refractivity contribution in [2.24, 2.45) is 5.73 Å². The lowest BCUT2D eigenvalue weighted by Crippen LogP contribution is -2.12. The van der Waals surface area contributed by atoms with E-state index in [-0.39, 0.29) is 5.91 Å². The maximum atomic E-state index is 11.0. The van der Waals surface area contributed by atoms with Crippen molar-refractivity contribution in [1.29, 1.82) is 0 Å². The molecule has 0 saturated heterocycles. The number of hydrogen-bond donors (Lipinski definition) is 1. The summed E-state index contributed by atoms with van der Waals surface area (Å²) >= 11 is 0. The van der Waals surface area contributed by atoms with Crippen LogP contribution < -0.4 is 5.73 Å². The van der Waals surface area contributed by atoms with Crippen molar-refractivity contribution < 1.29 is 4.79 Å². The molecule has 0 fully saturated rings. The van der Waals surface area contributed by atoms with Crippen LogP contribution in [0.3, 0.4) is 0 Å². The molecule has 1 rings (SSSR count). The number of carbonyl (C=O) groups is 1. The SMILES string of the molecule is CCC=C(C(N)=O)c1ccccc1. The molecule has 2 heteroatoms. The summed E-state index contributed by atoms with van der Waals surface area (Å²) in [5.41, 5.74) is 6.73. The average molecular weight is 175 g/mol. The number of primary amides is 1. The van der Waals surface area contributed by atoms with Gasteiger partial charge in [-0.2, -0.15) is 0 Å². The van der Waals surface area contributed by atoms with Crippen LogP contribution in [0, 0.1) is 0 Å². The molecular weight excluding hydrogens is 162 g/mol. The van der Waals surface area contributed by atoms with Crippen molar-refractivity contribution in [3.05, 3.63) is 42.0 Å². The van der Waals surface area contributed by atoms with Crippen molar-refractivity contribution in [2.45, 2.75) is 13.3 Å². The van der Waals surface area contributed by atoms with Gasteiger partial charge in [-0.25, -0.2) is 0 Å². The Kier molecular flexibility index (Phi) is 3.26. The fraction of sp³-hybridized carbons (Fsp3) is 0.182. The third-order valence-corrected chi connectivity index (χ3v) is 1.76. The Labute approximate surface area is 78.1 Å². The maximum Gasteiger partial charge on any atom is 0.248 e. The van der Waals surface area contributed by atoms with Crippen LogP contribution in [0.25, 0.3) is 5.57 Å². The predicted octanol–water partition coefficient (Wildman–Crippen LogP) is 1.97. The summed E-state index contributed by atoms with van der Waals surface area (Å²) in [6.07, 6.45) is 2.66. The van der Waals surface area contributed by atoms with E-state index in [9.17, 15) is 4.79 Å². The zero-order chi connectivity index (χ0) is 9.68. The van der Waals surface area contributed by atoms with Crippen molar-refractivity contribution in [3.8, 4) is 0 Å². The van der Waals surface area contributed by atoms with Gasteiger partial charge in [-0.3, -0.25) is 4.79 Å². The first-order valence-corrected chi connectivity index (χ1v) is 4.31. The molecule has 1 aromatic rings. The van der Waals surface area contributed by atoms with E-state index in [4.69, 9.17) is 5.73 Å². The van der Waals surface area contributed by atoms with Gasteiger partial charge in [-0.1, -0.05) is 43.3 Å². The number of hydrogen-bond acceptors (Lipinski definition) is 1. The summed E-state index contributed by atoms with van der Waals surface area (Å²) in [7, 11) is 0. The summed E-state index contributed by atoms with van der Waals surface area (Å²) in [5, 5.41) is 0. The number of benzene rings is 1. The number of nitrogens with two attached hydrogens (primary N) is 1. The summed E-state index contributed by atoms with van der Waals surface area (Å²) in [6.45, 7) is 1.98. The van der Waals surface area contributed by atoms with Crippen LogP contribution in [0.2, 0.25) is 0 Å². The number of rotatable bonds is 3. The molecule has 0 aliphatic rings. The average Bonchev–Trinajstić information content (AvgIpc) is 2.15. The topological polar surface area (TPSA) is 43.1 Å². The molecule has 0 aliphatic heterocycles. The Hall–Kier alpha value is -1.57. The minimum absolute atomic E-state index is 0.368. The normalized spacial score (nSPS) is 11.3. The van der Waals surface area contributed by atoms with Gasteiger partial charge in [0.15, 0.2) is 0 Å². The second-order valence-corrected chi connectivity index (χ2v) is 2.76. The summed E-state index contributed by atoms with van der Waals surface area (Å²) in [4.78, 5) is 11.0. The van der Waals surface area contributed by atoms with Crippen molar-refractivity contribution in [2.75, 3.05) is 0 Å². The zero-order valence-electron chi connectivity index (χ0n) is 7.66. The maximum absolute atomic E-state index is 11.0. The molecule has 0 radical (unpaired) electrons. The van der Waals surface area contributed by atoms with Crippen LogP contribution in [0.4, 0.5) is 0 Å². The Morgan fingerprint density at radius 2 is 2.00 bits per heavy atom. The van der Waals surface area contributed by atoms with E-state index < -0.39 is 0 Å². The van der Waals surface area contributed by atoms with E-state index in [1.54, 1.807) is 0 Å². The van der Waals surface area contributed by atoms with E-state index in [1.807, 2.05) is 43.3 Å². The fourth-order valence-electron chi connectivity index (χ4n) is 1.18. The fourth-order valence-corrected chi connectivity index (χ4v) is 1.18. The van der Waals surface area contributed by atoms with Gasteiger partial charge in [0, 0.05) is 5.57 Å². The lowest BCUT2D eigenvalue weighted by molar-refractivity contribution is -0.112. The molecule has 2 N–H and O–H groups in total. The zero-order valence-corrected chi connectivity index (χ0v) is 7.66. The monoisotopic (exact) mass is 175 g/mol. The molecular formula is C11H13NO. The Bertz CT molecular complexity index is 314. The highest BCUT2D eigenvalue weighted by Gasteiger charge is 2.05. The van der Waals surface area contributed by atoms with Gasteiger partial charge in [0.05, 0.1) is 0 Å². The minimum Gasteiger partial charge on any atom is -0.366 e. The quantitative estimate of drug-likeness (QED) is 0.701. The van der Waals surface area contributed by atoms with Gasteiger partial charge in [0.1, 0.15) is 0 Å². The van der Waals surface area contributed by atoms with Gasteiger partial charge in [-0.05, 0) is 12.0 Å². The van der Waals surface area contributed by atoms with E-state index in [1.165, 1.54) is 0 Å². The Morgan fingerprint density at radius 3 is 2.46 bits per heavy atom. The minimum atomic E-state index is -0.368. The molecule has 1 amide bonds. The Morgan fingerprint density at radius 1 is 1.38 bits per heavy atom. The van der Waals surface area contributed by atoms with Crippen LogP contribution in [0.5, 0.6) is 0 Å². The highest BCUT2D eigenvalue weighted by atomic mass is 16.1. The second kappa shape index (κ2) is 4.45. The predicted molar refractivity (Wildman–Crippen MR) is 53.9 cm³/mol. The molecule has 0 aromatic heterocycles. The molecule has 0 bridgehead atoms. The van der Waals surface area contributed by atoms with E-state index in [0.29, 0.717) is 5.57 Å². The molecule has 0 aliphatic carbocycles. The molecule has 0 spiro atoms. The van der Waals surface area contributed by atoms with E-state index in [2.05, 4.69) is 0 Å². The Balaban J connectivity index is 3.03. The van der Waals surface area contributed by atoms with Crippen molar-refractivity contribution >= 4 is 11.5 Å². The van der Waals surface area contributed by atoms with Crippen LogP contribution >= 0.6 is 0 Å². The molecule has 68 valence electrons. The standard InChI is InChI=1S/C11H13NO/c1-2-6-10(11(12)13)9-7-4-3-5-8-9/h3-8H,2H2,1H3,(H2,12,13). The van der Waals surface area contributed by atoms with E-state index >= 15 is 0 Å². The number of allylic oxidation sites excluding steroid dienone is 1. The van der Waals surface area contributed by atoms with Crippen LogP contribution in [-0.2, 0) is 4.79 Å². The first kappa shape index (κ1) is 9.52. The van der Waals surface area contributed by atoms with Gasteiger partial charge < -0.3 is 5.73 Å². The summed E-state index contributed by atoms with van der Waals surface area (Å²) in [6, 6.07) is 9.45. The lowest BCUT2D eigenvalue weighted by atomic mass is 10.0. The molecule has 0 saturated carbocycles. The molecule has 13 heavy (non-hydrogen) atoms.